The standard InChI is InChI=1S/C11H9ClN4/c12-8-3-6-1-2-14-9(6)4-7(8)10-5-11(13)16-15-10/h1-5,14H,(H3,13,15,16). The lowest BCUT2D eigenvalue weighted by molar-refractivity contribution is 1.10. The van der Waals surface area contributed by atoms with E-state index in [1.807, 2.05) is 24.4 Å². The van der Waals surface area contributed by atoms with E-state index in [1.165, 1.54) is 0 Å². The highest BCUT2D eigenvalue weighted by Crippen LogP contribution is 2.31. The molecular weight excluding hydrogens is 224 g/mol. The largest absolute Gasteiger partial charge is 0.382 e. The van der Waals surface area contributed by atoms with Crippen LogP contribution in [0.4, 0.5) is 5.82 Å². The maximum Gasteiger partial charge on any atom is 0.145 e. The van der Waals surface area contributed by atoms with Gasteiger partial charge in [-0.15, -0.1) is 0 Å². The van der Waals surface area contributed by atoms with E-state index >= 15 is 0 Å². The van der Waals surface area contributed by atoms with Crippen LogP contribution in [-0.2, 0) is 0 Å². The molecule has 2 heterocycles. The first kappa shape index (κ1) is 9.30. The molecule has 0 aliphatic carbocycles. The van der Waals surface area contributed by atoms with Crippen LogP contribution in [0.2, 0.25) is 5.02 Å². The number of halogens is 1. The summed E-state index contributed by atoms with van der Waals surface area (Å²) in [6.45, 7) is 0. The first-order valence-corrected chi connectivity index (χ1v) is 5.20. The van der Waals surface area contributed by atoms with Crippen LogP contribution < -0.4 is 5.73 Å². The Morgan fingerprint density at radius 2 is 2.12 bits per heavy atom. The van der Waals surface area contributed by atoms with E-state index in [0.29, 0.717) is 10.8 Å². The van der Waals surface area contributed by atoms with Crippen molar-refractivity contribution in [2.45, 2.75) is 0 Å². The van der Waals surface area contributed by atoms with Crippen LogP contribution in [0.15, 0.2) is 30.5 Å². The van der Waals surface area contributed by atoms with Gasteiger partial charge in [0.1, 0.15) is 5.82 Å². The molecule has 0 saturated carbocycles. The summed E-state index contributed by atoms with van der Waals surface area (Å²) in [6, 6.07) is 7.63. The Hall–Kier alpha value is -1.94. The molecule has 0 bridgehead atoms. The normalized spacial score (nSPS) is 11.1. The van der Waals surface area contributed by atoms with Crippen molar-refractivity contribution >= 4 is 28.3 Å². The van der Waals surface area contributed by atoms with Crippen LogP contribution in [0.3, 0.4) is 0 Å². The number of fused-ring (bicyclic) bond motifs is 1. The maximum absolute atomic E-state index is 6.20. The van der Waals surface area contributed by atoms with Crippen LogP contribution in [0, 0.1) is 0 Å². The third kappa shape index (κ3) is 1.35. The number of hydrogen-bond acceptors (Lipinski definition) is 2. The molecule has 0 radical (unpaired) electrons. The average Bonchev–Trinajstić information content (AvgIpc) is 2.84. The molecule has 0 amide bonds. The molecule has 3 aromatic rings. The zero-order valence-corrected chi connectivity index (χ0v) is 9.05. The summed E-state index contributed by atoms with van der Waals surface area (Å²) in [5.41, 5.74) is 8.31. The van der Waals surface area contributed by atoms with E-state index < -0.39 is 0 Å². The number of nitrogen functional groups attached to an aromatic ring is 1. The number of aromatic amines is 2. The van der Waals surface area contributed by atoms with Gasteiger partial charge in [0.15, 0.2) is 0 Å². The SMILES string of the molecule is Nc1cc(-c2cc3[nH]ccc3cc2Cl)[nH]n1. The molecule has 2 aromatic heterocycles. The number of anilines is 1. The summed E-state index contributed by atoms with van der Waals surface area (Å²) in [6.07, 6.45) is 1.88. The predicted molar refractivity (Wildman–Crippen MR) is 65.3 cm³/mol. The van der Waals surface area contributed by atoms with E-state index in [-0.39, 0.29) is 0 Å². The minimum Gasteiger partial charge on any atom is -0.382 e. The zero-order valence-electron chi connectivity index (χ0n) is 8.29. The smallest absolute Gasteiger partial charge is 0.145 e. The molecule has 4 N–H and O–H groups in total. The Morgan fingerprint density at radius 1 is 1.25 bits per heavy atom. The van der Waals surface area contributed by atoms with Gasteiger partial charge in [-0.1, -0.05) is 11.6 Å². The van der Waals surface area contributed by atoms with Gasteiger partial charge in [-0.3, -0.25) is 5.10 Å². The third-order valence-electron chi connectivity index (χ3n) is 2.53. The first-order valence-electron chi connectivity index (χ1n) is 4.82. The molecule has 0 unspecified atom stereocenters. The fourth-order valence-electron chi connectivity index (χ4n) is 1.75. The predicted octanol–water partition coefficient (Wildman–Crippen LogP) is 2.79. The number of hydrogen-bond donors (Lipinski definition) is 3. The number of nitrogens with one attached hydrogen (secondary N) is 2. The molecule has 4 nitrogen and oxygen atoms in total. The number of nitrogens with two attached hydrogens (primary N) is 1. The van der Waals surface area contributed by atoms with Gasteiger partial charge < -0.3 is 10.7 Å². The Bertz CT molecular complexity index is 653. The van der Waals surface area contributed by atoms with Crippen molar-refractivity contribution < 1.29 is 0 Å². The molecule has 80 valence electrons. The van der Waals surface area contributed by atoms with Gasteiger partial charge in [-0.05, 0) is 18.2 Å². The quantitative estimate of drug-likeness (QED) is 0.604. The molecule has 0 spiro atoms. The molecule has 16 heavy (non-hydrogen) atoms. The summed E-state index contributed by atoms with van der Waals surface area (Å²) >= 11 is 6.20. The molecule has 1 aromatic carbocycles. The molecule has 0 aliphatic heterocycles. The van der Waals surface area contributed by atoms with E-state index in [9.17, 15) is 0 Å². The third-order valence-corrected chi connectivity index (χ3v) is 2.84. The Morgan fingerprint density at radius 3 is 2.88 bits per heavy atom. The lowest BCUT2D eigenvalue weighted by atomic mass is 10.1. The lowest BCUT2D eigenvalue weighted by Crippen LogP contribution is -1.81. The van der Waals surface area contributed by atoms with Gasteiger partial charge in [-0.25, -0.2) is 0 Å². The zero-order chi connectivity index (χ0) is 11.1. The summed E-state index contributed by atoms with van der Waals surface area (Å²) in [5.74, 6) is 0.456. The summed E-state index contributed by atoms with van der Waals surface area (Å²) < 4.78 is 0. The minimum absolute atomic E-state index is 0.456. The van der Waals surface area contributed by atoms with Crippen LogP contribution in [0.25, 0.3) is 22.2 Å². The Labute approximate surface area is 96.4 Å². The lowest BCUT2D eigenvalue weighted by Gasteiger charge is -2.01. The van der Waals surface area contributed by atoms with E-state index in [2.05, 4.69) is 15.2 Å². The summed E-state index contributed by atoms with van der Waals surface area (Å²) in [4.78, 5) is 3.14. The Kier molecular flexibility index (Phi) is 1.91. The van der Waals surface area contributed by atoms with Crippen molar-refractivity contribution in [1.29, 1.82) is 0 Å². The highest BCUT2D eigenvalue weighted by Gasteiger charge is 2.08. The number of nitrogens with zero attached hydrogens (tertiary/aromatic N) is 1. The van der Waals surface area contributed by atoms with Gasteiger partial charge in [-0.2, -0.15) is 5.10 Å². The van der Waals surface area contributed by atoms with Gasteiger partial charge in [0.2, 0.25) is 0 Å². The second kappa shape index (κ2) is 3.28. The second-order valence-corrected chi connectivity index (χ2v) is 4.01. The van der Waals surface area contributed by atoms with Gasteiger partial charge in [0.05, 0.1) is 10.7 Å². The number of benzene rings is 1. The van der Waals surface area contributed by atoms with Gasteiger partial charge in [0.25, 0.3) is 0 Å². The van der Waals surface area contributed by atoms with Crippen LogP contribution in [-0.4, -0.2) is 15.2 Å². The monoisotopic (exact) mass is 232 g/mol. The van der Waals surface area contributed by atoms with Crippen LogP contribution >= 0.6 is 11.6 Å². The van der Waals surface area contributed by atoms with E-state index in [1.54, 1.807) is 6.07 Å². The van der Waals surface area contributed by atoms with Crippen molar-refractivity contribution in [3.63, 3.8) is 0 Å². The van der Waals surface area contributed by atoms with Crippen molar-refractivity contribution in [2.24, 2.45) is 0 Å². The molecule has 3 rings (SSSR count). The fourth-order valence-corrected chi connectivity index (χ4v) is 2.03. The summed E-state index contributed by atoms with van der Waals surface area (Å²) in [7, 11) is 0. The highest BCUT2D eigenvalue weighted by molar-refractivity contribution is 6.34. The molecule has 0 aliphatic rings. The van der Waals surface area contributed by atoms with E-state index in [4.69, 9.17) is 17.3 Å². The van der Waals surface area contributed by atoms with E-state index in [0.717, 1.165) is 22.2 Å². The average molecular weight is 233 g/mol. The highest BCUT2D eigenvalue weighted by atomic mass is 35.5. The summed E-state index contributed by atoms with van der Waals surface area (Å²) in [5, 5.41) is 8.49. The van der Waals surface area contributed by atoms with Gasteiger partial charge in [0, 0.05) is 28.7 Å². The molecular formula is C11H9ClN4. The van der Waals surface area contributed by atoms with Crippen LogP contribution in [0.5, 0.6) is 0 Å². The first-order chi connectivity index (χ1) is 7.74. The second-order valence-electron chi connectivity index (χ2n) is 3.60. The molecule has 0 atom stereocenters. The van der Waals surface area contributed by atoms with Crippen molar-refractivity contribution in [3.05, 3.63) is 35.5 Å². The van der Waals surface area contributed by atoms with Crippen LogP contribution in [0.1, 0.15) is 0 Å². The number of rotatable bonds is 1. The van der Waals surface area contributed by atoms with Crippen molar-refractivity contribution in [1.82, 2.24) is 15.2 Å². The molecule has 0 fully saturated rings. The topological polar surface area (TPSA) is 70.5 Å². The van der Waals surface area contributed by atoms with Crippen molar-refractivity contribution in [3.8, 4) is 11.3 Å². The minimum atomic E-state index is 0.456. The molecule has 5 heteroatoms. The number of aromatic nitrogens is 3. The molecule has 0 saturated heterocycles. The maximum atomic E-state index is 6.20. The Balaban J connectivity index is 2.26. The fraction of sp³-hybridized carbons (Fsp3) is 0. The number of H-pyrrole nitrogens is 2. The van der Waals surface area contributed by atoms with Gasteiger partial charge >= 0.3 is 0 Å². The van der Waals surface area contributed by atoms with Crippen molar-refractivity contribution in [2.75, 3.05) is 5.73 Å².